The van der Waals surface area contributed by atoms with Gasteiger partial charge in [-0.2, -0.15) is 0 Å². The van der Waals surface area contributed by atoms with Crippen LogP contribution in [0.5, 0.6) is 0 Å². The summed E-state index contributed by atoms with van der Waals surface area (Å²) < 4.78 is 4.98. The Bertz CT molecular complexity index is 288. The van der Waals surface area contributed by atoms with Crippen LogP contribution in [0.15, 0.2) is 12.2 Å². The molecule has 0 aromatic heterocycles. The Hall–Kier alpha value is -1.03. The molecule has 1 N–H and O–H groups in total. The summed E-state index contributed by atoms with van der Waals surface area (Å²) in [5.41, 5.74) is 0. The highest BCUT2D eigenvalue weighted by atomic mass is 16.5. The van der Waals surface area contributed by atoms with Gasteiger partial charge in [-0.15, -0.1) is 0 Å². The van der Waals surface area contributed by atoms with Crippen LogP contribution in [0.1, 0.15) is 25.7 Å². The Morgan fingerprint density at radius 2 is 1.94 bits per heavy atom. The van der Waals surface area contributed by atoms with Gasteiger partial charge in [-0.05, 0) is 37.5 Å². The molecule has 0 spiro atoms. The average Bonchev–Trinajstić information content (AvgIpc) is 2.82. The van der Waals surface area contributed by atoms with E-state index in [2.05, 4.69) is 17.5 Å². The molecule has 2 rings (SSSR count). The number of unbranched alkanes of at least 4 members (excludes halogenated alkanes) is 1. The Labute approximate surface area is 109 Å². The third-order valence-electron chi connectivity index (χ3n) is 3.96. The maximum atomic E-state index is 12.0. The summed E-state index contributed by atoms with van der Waals surface area (Å²) in [7, 11) is 1.71. The van der Waals surface area contributed by atoms with Crippen molar-refractivity contribution in [2.75, 3.05) is 33.4 Å². The molecule has 0 bridgehead atoms. The molecular weight excluding hydrogens is 228 g/mol. The highest BCUT2D eigenvalue weighted by Gasteiger charge is 2.34. The van der Waals surface area contributed by atoms with Crippen molar-refractivity contribution in [1.82, 2.24) is 10.2 Å². The number of methoxy groups -OCH3 is 1. The van der Waals surface area contributed by atoms with Gasteiger partial charge < -0.3 is 15.0 Å². The van der Waals surface area contributed by atoms with Crippen LogP contribution in [-0.2, 0) is 4.74 Å². The van der Waals surface area contributed by atoms with Gasteiger partial charge in [0.2, 0.25) is 0 Å². The Morgan fingerprint density at radius 1 is 1.28 bits per heavy atom. The first-order valence-corrected chi connectivity index (χ1v) is 6.98. The summed E-state index contributed by atoms with van der Waals surface area (Å²) in [5, 5.41) is 3.00. The molecule has 2 amide bonds. The monoisotopic (exact) mass is 252 g/mol. The van der Waals surface area contributed by atoms with E-state index >= 15 is 0 Å². The fourth-order valence-corrected chi connectivity index (χ4v) is 2.86. The van der Waals surface area contributed by atoms with Gasteiger partial charge in [-0.1, -0.05) is 12.2 Å². The second-order valence-corrected chi connectivity index (χ2v) is 5.30. The zero-order valence-electron chi connectivity index (χ0n) is 11.2. The number of fused-ring (bicyclic) bond motifs is 1. The maximum absolute atomic E-state index is 12.0. The van der Waals surface area contributed by atoms with Gasteiger partial charge in [-0.3, -0.25) is 0 Å². The molecule has 102 valence electrons. The topological polar surface area (TPSA) is 41.6 Å². The number of nitrogens with one attached hydrogen (secondary N) is 1. The van der Waals surface area contributed by atoms with Crippen LogP contribution < -0.4 is 5.32 Å². The number of nitrogens with zero attached hydrogens (tertiary/aromatic N) is 1. The van der Waals surface area contributed by atoms with Crippen LogP contribution in [-0.4, -0.2) is 44.3 Å². The molecule has 0 radical (unpaired) electrons. The summed E-state index contributed by atoms with van der Waals surface area (Å²) in [6.45, 7) is 3.39. The molecule has 4 heteroatoms. The smallest absolute Gasteiger partial charge is 0.317 e. The molecule has 0 aromatic rings. The van der Waals surface area contributed by atoms with E-state index in [9.17, 15) is 4.79 Å². The summed E-state index contributed by atoms with van der Waals surface area (Å²) >= 11 is 0. The van der Waals surface area contributed by atoms with E-state index in [-0.39, 0.29) is 6.03 Å². The van der Waals surface area contributed by atoms with Crippen molar-refractivity contribution < 1.29 is 9.53 Å². The first kappa shape index (κ1) is 13.4. The Balaban J connectivity index is 1.65. The second kappa shape index (κ2) is 6.78. The first-order chi connectivity index (χ1) is 8.81. The van der Waals surface area contributed by atoms with E-state index in [1.165, 1.54) is 0 Å². The lowest BCUT2D eigenvalue weighted by molar-refractivity contribution is 0.190. The molecule has 4 nitrogen and oxygen atoms in total. The SMILES string of the molecule is COCCCCNC(=O)N1CC2CC=CCC2C1. The normalized spacial score (nSPS) is 26.2. The number of carbonyl (C=O) groups is 1. The molecule has 1 aliphatic heterocycles. The number of urea groups is 1. The predicted octanol–water partition coefficient (Wildman–Crippen LogP) is 2.02. The number of likely N-dealkylation sites (tertiary alicyclic amines) is 1. The van der Waals surface area contributed by atoms with Crippen LogP contribution in [0, 0.1) is 11.8 Å². The van der Waals surface area contributed by atoms with E-state index in [1.54, 1.807) is 7.11 Å². The van der Waals surface area contributed by atoms with Crippen molar-refractivity contribution in [1.29, 1.82) is 0 Å². The zero-order chi connectivity index (χ0) is 12.8. The summed E-state index contributed by atoms with van der Waals surface area (Å²) in [6.07, 6.45) is 8.79. The van der Waals surface area contributed by atoms with Crippen molar-refractivity contribution in [2.45, 2.75) is 25.7 Å². The first-order valence-electron chi connectivity index (χ1n) is 6.98. The van der Waals surface area contributed by atoms with Crippen LogP contribution >= 0.6 is 0 Å². The molecule has 2 atom stereocenters. The number of hydrogen-bond acceptors (Lipinski definition) is 2. The Kier molecular flexibility index (Phi) is 5.05. The van der Waals surface area contributed by atoms with Crippen molar-refractivity contribution in [3.63, 3.8) is 0 Å². The van der Waals surface area contributed by atoms with Crippen molar-refractivity contribution in [3.8, 4) is 0 Å². The van der Waals surface area contributed by atoms with Gasteiger partial charge in [0.15, 0.2) is 0 Å². The quantitative estimate of drug-likeness (QED) is 0.601. The van der Waals surface area contributed by atoms with Gasteiger partial charge >= 0.3 is 6.03 Å². The molecule has 1 fully saturated rings. The minimum absolute atomic E-state index is 0.113. The van der Waals surface area contributed by atoms with E-state index in [0.717, 1.165) is 51.9 Å². The number of rotatable bonds is 5. The van der Waals surface area contributed by atoms with Crippen LogP contribution in [0.25, 0.3) is 0 Å². The van der Waals surface area contributed by atoms with Crippen molar-refractivity contribution in [2.24, 2.45) is 11.8 Å². The van der Waals surface area contributed by atoms with Crippen LogP contribution in [0.4, 0.5) is 4.79 Å². The zero-order valence-corrected chi connectivity index (χ0v) is 11.2. The van der Waals surface area contributed by atoms with E-state index in [0.29, 0.717) is 11.8 Å². The molecule has 18 heavy (non-hydrogen) atoms. The van der Waals surface area contributed by atoms with Gasteiger partial charge in [0.25, 0.3) is 0 Å². The summed E-state index contributed by atoms with van der Waals surface area (Å²) in [4.78, 5) is 14.0. The fourth-order valence-electron chi connectivity index (χ4n) is 2.86. The fraction of sp³-hybridized carbons (Fsp3) is 0.786. The molecule has 0 saturated carbocycles. The van der Waals surface area contributed by atoms with E-state index < -0.39 is 0 Å². The molecule has 0 aromatic carbocycles. The molecule has 1 heterocycles. The summed E-state index contributed by atoms with van der Waals surface area (Å²) in [6, 6.07) is 0.113. The number of carbonyl (C=O) groups excluding carboxylic acids is 1. The lowest BCUT2D eigenvalue weighted by Crippen LogP contribution is -2.39. The van der Waals surface area contributed by atoms with Gasteiger partial charge in [0.1, 0.15) is 0 Å². The maximum Gasteiger partial charge on any atom is 0.317 e. The highest BCUT2D eigenvalue weighted by Crippen LogP contribution is 2.32. The second-order valence-electron chi connectivity index (χ2n) is 5.30. The summed E-state index contributed by atoms with van der Waals surface area (Å²) in [5.74, 6) is 1.38. The third kappa shape index (κ3) is 3.48. The minimum Gasteiger partial charge on any atom is -0.385 e. The minimum atomic E-state index is 0.113. The lowest BCUT2D eigenvalue weighted by atomic mass is 9.86. The van der Waals surface area contributed by atoms with Crippen LogP contribution in [0.3, 0.4) is 0 Å². The molecular formula is C14H24N2O2. The Morgan fingerprint density at radius 3 is 2.56 bits per heavy atom. The predicted molar refractivity (Wildman–Crippen MR) is 71.4 cm³/mol. The molecule has 1 aliphatic carbocycles. The van der Waals surface area contributed by atoms with Gasteiger partial charge in [-0.25, -0.2) is 4.79 Å². The van der Waals surface area contributed by atoms with Gasteiger partial charge in [0.05, 0.1) is 0 Å². The molecule has 2 unspecified atom stereocenters. The van der Waals surface area contributed by atoms with Crippen LogP contribution in [0.2, 0.25) is 0 Å². The number of allylic oxidation sites excluding steroid dienone is 2. The van der Waals surface area contributed by atoms with Gasteiger partial charge in [0, 0.05) is 33.4 Å². The largest absolute Gasteiger partial charge is 0.385 e. The number of amides is 2. The van der Waals surface area contributed by atoms with Crippen molar-refractivity contribution >= 4 is 6.03 Å². The standard InChI is InChI=1S/C14H24N2O2/c1-18-9-5-4-8-15-14(17)16-10-12-6-2-3-7-13(12)11-16/h2-3,12-13H,4-11H2,1H3,(H,15,17). The average molecular weight is 252 g/mol. The molecule has 2 aliphatic rings. The van der Waals surface area contributed by atoms with E-state index in [4.69, 9.17) is 4.74 Å². The van der Waals surface area contributed by atoms with Crippen molar-refractivity contribution in [3.05, 3.63) is 12.2 Å². The lowest BCUT2D eigenvalue weighted by Gasteiger charge is -2.17. The highest BCUT2D eigenvalue weighted by molar-refractivity contribution is 5.74. The van der Waals surface area contributed by atoms with E-state index in [1.807, 2.05) is 4.90 Å². The number of hydrogen-bond donors (Lipinski definition) is 1. The number of ether oxygens (including phenoxy) is 1. The molecule has 1 saturated heterocycles. The third-order valence-corrected chi connectivity index (χ3v) is 3.96.